The summed E-state index contributed by atoms with van der Waals surface area (Å²) in [6.07, 6.45) is 3.63. The zero-order chi connectivity index (χ0) is 24.4. The smallest absolute Gasteiger partial charge is 0.258 e. The van der Waals surface area contributed by atoms with Crippen molar-refractivity contribution in [3.05, 3.63) is 90.5 Å². The fourth-order valence-corrected chi connectivity index (χ4v) is 8.36. The summed E-state index contributed by atoms with van der Waals surface area (Å²) >= 11 is 0. The minimum atomic E-state index is -3.02. The Kier molecular flexibility index (Phi) is 9.22. The Morgan fingerprint density at radius 3 is 1.97 bits per heavy atom. The van der Waals surface area contributed by atoms with Crippen LogP contribution in [-0.2, 0) is 16.1 Å². The molecule has 0 aliphatic carbocycles. The van der Waals surface area contributed by atoms with Gasteiger partial charge in [0.25, 0.3) is 8.32 Å². The number of carbonyl (C=O) groups excluding carboxylic acids is 1. The van der Waals surface area contributed by atoms with Crippen LogP contribution in [0.1, 0.15) is 45.1 Å². The lowest BCUT2D eigenvalue weighted by Crippen LogP contribution is -2.65. The van der Waals surface area contributed by atoms with Gasteiger partial charge in [-0.2, -0.15) is 0 Å². The van der Waals surface area contributed by atoms with Gasteiger partial charge in [0.15, 0.2) is 0 Å². The number of hydrogen-bond donors (Lipinski definition) is 1. The van der Waals surface area contributed by atoms with E-state index < -0.39 is 8.32 Å². The molecule has 1 atom stereocenters. The molecular weight excluding hydrogens is 440 g/mol. The molecule has 4 nitrogen and oxygen atoms in total. The van der Waals surface area contributed by atoms with Crippen LogP contribution in [0.2, 0.25) is 5.04 Å². The van der Waals surface area contributed by atoms with Crippen LogP contribution in [0.15, 0.2) is 84.9 Å². The van der Waals surface area contributed by atoms with E-state index in [-0.39, 0.29) is 11.1 Å². The third kappa shape index (κ3) is 6.23. The Morgan fingerprint density at radius 2 is 1.47 bits per heavy atom. The van der Waals surface area contributed by atoms with Crippen molar-refractivity contribution in [2.24, 2.45) is 0 Å². The molecule has 0 radical (unpaired) electrons. The minimum absolute atomic E-state index is 0.140. The second-order valence-corrected chi connectivity index (χ2v) is 13.3. The van der Waals surface area contributed by atoms with Crippen molar-refractivity contribution in [1.29, 1.82) is 0 Å². The third-order valence-corrected chi connectivity index (χ3v) is 11.2. The maximum Gasteiger partial charge on any atom is 0.258 e. The minimum Gasteiger partial charge on any atom is -0.497 e. The van der Waals surface area contributed by atoms with E-state index >= 15 is 0 Å². The molecule has 0 fully saturated rings. The van der Waals surface area contributed by atoms with Gasteiger partial charge in [-0.1, -0.05) is 93.1 Å². The Labute approximate surface area is 204 Å². The summed E-state index contributed by atoms with van der Waals surface area (Å²) in [5.74, 6) is 0.809. The molecule has 0 unspecified atom stereocenters. The SMILES string of the molecule is COc1ccc(CO[C@H](CC=O)CCCC(C)(C)[Si](O)(c2ccccc2)c2ccccc2)cc1. The van der Waals surface area contributed by atoms with E-state index in [0.29, 0.717) is 13.0 Å². The summed E-state index contributed by atoms with van der Waals surface area (Å²) < 4.78 is 11.3. The number of carbonyl (C=O) groups is 1. The third-order valence-electron chi connectivity index (χ3n) is 6.69. The van der Waals surface area contributed by atoms with Crippen LogP contribution >= 0.6 is 0 Å². The van der Waals surface area contributed by atoms with E-state index in [4.69, 9.17) is 9.47 Å². The van der Waals surface area contributed by atoms with Crippen molar-refractivity contribution in [2.75, 3.05) is 7.11 Å². The van der Waals surface area contributed by atoms with Gasteiger partial charge in [0.1, 0.15) is 12.0 Å². The molecule has 5 heteroatoms. The van der Waals surface area contributed by atoms with E-state index in [1.807, 2.05) is 84.9 Å². The molecule has 0 saturated heterocycles. The first-order valence-electron chi connectivity index (χ1n) is 11.9. The Balaban J connectivity index is 1.68. The summed E-state index contributed by atoms with van der Waals surface area (Å²) in [6.45, 7) is 4.80. The van der Waals surface area contributed by atoms with Gasteiger partial charge in [0, 0.05) is 6.42 Å². The number of benzene rings is 3. The first-order valence-corrected chi connectivity index (χ1v) is 13.9. The predicted octanol–water partition coefficient (Wildman–Crippen LogP) is 4.87. The molecule has 3 aromatic carbocycles. The van der Waals surface area contributed by atoms with Crippen LogP contribution in [0.4, 0.5) is 0 Å². The predicted molar refractivity (Wildman–Crippen MR) is 140 cm³/mol. The normalized spacial score (nSPS) is 12.8. The number of ether oxygens (including phenoxy) is 2. The molecule has 0 aliphatic rings. The van der Waals surface area contributed by atoms with Gasteiger partial charge in [-0.05, 0) is 45.9 Å². The second-order valence-electron chi connectivity index (χ2n) is 9.40. The molecule has 0 bridgehead atoms. The van der Waals surface area contributed by atoms with Crippen molar-refractivity contribution in [2.45, 2.75) is 57.3 Å². The lowest BCUT2D eigenvalue weighted by atomic mass is 10.0. The molecule has 0 aliphatic heterocycles. The van der Waals surface area contributed by atoms with Crippen molar-refractivity contribution in [3.8, 4) is 5.75 Å². The zero-order valence-electron chi connectivity index (χ0n) is 20.4. The average molecular weight is 477 g/mol. The van der Waals surface area contributed by atoms with Gasteiger partial charge < -0.3 is 19.1 Å². The standard InChI is InChI=1S/C29H36O4Si/c1-29(2,34(31,27-12-6-4-7-13-27)28-14-8-5-9-15-28)21-10-11-26(20-22-30)33-23-24-16-18-25(32-3)19-17-24/h4-9,12-19,22,26,31H,10-11,20-21,23H2,1-3H3/t26-/m0/s1. The van der Waals surface area contributed by atoms with Gasteiger partial charge in [0.05, 0.1) is 19.8 Å². The van der Waals surface area contributed by atoms with E-state index in [1.165, 1.54) is 0 Å². The fraction of sp³-hybridized carbons (Fsp3) is 0.345. The van der Waals surface area contributed by atoms with E-state index in [9.17, 15) is 9.59 Å². The van der Waals surface area contributed by atoms with Gasteiger partial charge in [-0.25, -0.2) is 0 Å². The lowest BCUT2D eigenvalue weighted by Gasteiger charge is -2.41. The highest BCUT2D eigenvalue weighted by Crippen LogP contribution is 2.40. The Hall–Kier alpha value is -2.73. The average Bonchev–Trinajstić information content (AvgIpc) is 2.88. The summed E-state index contributed by atoms with van der Waals surface area (Å²) in [7, 11) is -1.38. The van der Waals surface area contributed by atoms with Crippen LogP contribution in [0.5, 0.6) is 5.75 Å². The highest BCUT2D eigenvalue weighted by Gasteiger charge is 2.49. The van der Waals surface area contributed by atoms with Gasteiger partial charge in [0.2, 0.25) is 0 Å². The molecule has 0 amide bonds. The summed E-state index contributed by atoms with van der Waals surface area (Å²) in [5, 5.41) is 1.73. The topological polar surface area (TPSA) is 55.8 Å². The highest BCUT2D eigenvalue weighted by molar-refractivity contribution is 6.98. The Bertz CT molecular complexity index is 964. The lowest BCUT2D eigenvalue weighted by molar-refractivity contribution is -0.110. The van der Waals surface area contributed by atoms with Gasteiger partial charge in [-0.15, -0.1) is 0 Å². The van der Waals surface area contributed by atoms with E-state index in [0.717, 1.165) is 47.2 Å². The monoisotopic (exact) mass is 476 g/mol. The zero-order valence-corrected chi connectivity index (χ0v) is 21.4. The molecular formula is C29H36O4Si. The molecule has 3 aromatic rings. The quantitative estimate of drug-likeness (QED) is 0.282. The second kappa shape index (κ2) is 12.1. The number of methoxy groups -OCH3 is 1. The van der Waals surface area contributed by atoms with Crippen LogP contribution in [-0.4, -0.2) is 32.6 Å². The van der Waals surface area contributed by atoms with Crippen LogP contribution < -0.4 is 15.1 Å². The Morgan fingerprint density at radius 1 is 0.912 bits per heavy atom. The summed E-state index contributed by atoms with van der Waals surface area (Å²) in [4.78, 5) is 23.6. The molecule has 180 valence electrons. The summed E-state index contributed by atoms with van der Waals surface area (Å²) in [5.41, 5.74) is 1.05. The van der Waals surface area contributed by atoms with Crippen molar-refractivity contribution >= 4 is 25.0 Å². The summed E-state index contributed by atoms with van der Waals surface area (Å²) in [6, 6.07) is 27.9. The highest BCUT2D eigenvalue weighted by atomic mass is 28.4. The maximum absolute atomic E-state index is 12.3. The molecule has 0 saturated carbocycles. The molecule has 0 spiro atoms. The van der Waals surface area contributed by atoms with Gasteiger partial charge in [-0.3, -0.25) is 0 Å². The maximum atomic E-state index is 12.3. The molecule has 3 rings (SSSR count). The van der Waals surface area contributed by atoms with Crippen LogP contribution in [0.25, 0.3) is 0 Å². The molecule has 0 heterocycles. The number of rotatable bonds is 13. The molecule has 0 aromatic heterocycles. The first kappa shape index (κ1) is 25.9. The fourth-order valence-electron chi connectivity index (χ4n) is 4.57. The molecule has 34 heavy (non-hydrogen) atoms. The number of aldehydes is 1. The molecule has 1 N–H and O–H groups in total. The van der Waals surface area contributed by atoms with Crippen molar-refractivity contribution in [3.63, 3.8) is 0 Å². The first-order chi connectivity index (χ1) is 16.4. The van der Waals surface area contributed by atoms with Gasteiger partial charge >= 0.3 is 0 Å². The largest absolute Gasteiger partial charge is 0.497 e. The van der Waals surface area contributed by atoms with Crippen molar-refractivity contribution in [1.82, 2.24) is 0 Å². The van der Waals surface area contributed by atoms with Crippen LogP contribution in [0, 0.1) is 0 Å². The van der Waals surface area contributed by atoms with E-state index in [1.54, 1.807) is 7.11 Å². The van der Waals surface area contributed by atoms with Crippen LogP contribution in [0.3, 0.4) is 0 Å². The van der Waals surface area contributed by atoms with Crippen molar-refractivity contribution < 1.29 is 19.1 Å². The van der Waals surface area contributed by atoms with E-state index in [2.05, 4.69) is 13.8 Å². The number of hydrogen-bond acceptors (Lipinski definition) is 4.